The fraction of sp³-hybridized carbons (Fsp3) is 0.636. The van der Waals surface area contributed by atoms with Gasteiger partial charge in [0.1, 0.15) is 5.82 Å². The smallest absolute Gasteiger partial charge is 0.234 e. The first-order chi connectivity index (χ1) is 7.80. The van der Waals surface area contributed by atoms with Crippen LogP contribution in [0.3, 0.4) is 0 Å². The zero-order valence-electron chi connectivity index (χ0n) is 9.94. The molecule has 0 radical (unpaired) electrons. The Morgan fingerprint density at radius 1 is 1.44 bits per heavy atom. The van der Waals surface area contributed by atoms with Crippen LogP contribution in [0.15, 0.2) is 12.4 Å². The van der Waals surface area contributed by atoms with Crippen LogP contribution in [-0.4, -0.2) is 29.2 Å². The highest BCUT2D eigenvalue weighted by Gasteiger charge is 2.06. The van der Waals surface area contributed by atoms with E-state index >= 15 is 0 Å². The fourth-order valence-corrected chi connectivity index (χ4v) is 1.42. The highest BCUT2D eigenvalue weighted by molar-refractivity contribution is 5.34. The van der Waals surface area contributed by atoms with E-state index in [4.69, 9.17) is 10.5 Å². The van der Waals surface area contributed by atoms with Crippen LogP contribution in [0.25, 0.3) is 0 Å². The minimum atomic E-state index is 0.344. The number of anilines is 1. The Bertz CT molecular complexity index is 306. The summed E-state index contributed by atoms with van der Waals surface area (Å²) in [7, 11) is 0. The van der Waals surface area contributed by atoms with Gasteiger partial charge in [-0.15, -0.1) is 0 Å². The largest absolute Gasteiger partial charge is 0.477 e. The number of hydrogen-bond donors (Lipinski definition) is 2. The van der Waals surface area contributed by atoms with Crippen LogP contribution in [0.1, 0.15) is 26.7 Å². The van der Waals surface area contributed by atoms with E-state index in [9.17, 15) is 0 Å². The number of nitrogens with two attached hydrogens (primary N) is 1. The molecule has 1 heterocycles. The van der Waals surface area contributed by atoms with Gasteiger partial charge >= 0.3 is 0 Å². The number of nitrogens with one attached hydrogen (secondary N) is 1. The maximum atomic E-state index is 5.54. The summed E-state index contributed by atoms with van der Waals surface area (Å²) in [5, 5.41) is 3.29. The summed E-state index contributed by atoms with van der Waals surface area (Å²) in [5.41, 5.74) is 5.54. The number of nitrogens with zero attached hydrogens (tertiary/aromatic N) is 2. The summed E-state index contributed by atoms with van der Waals surface area (Å²) in [6.07, 6.45) is 5.25. The zero-order valence-corrected chi connectivity index (χ0v) is 9.94. The first-order valence-corrected chi connectivity index (χ1v) is 5.71. The molecule has 5 nitrogen and oxygen atoms in total. The van der Waals surface area contributed by atoms with Gasteiger partial charge in [0, 0.05) is 6.04 Å². The minimum absolute atomic E-state index is 0.344. The van der Waals surface area contributed by atoms with Crippen molar-refractivity contribution in [3.63, 3.8) is 0 Å². The number of hydrogen-bond acceptors (Lipinski definition) is 5. The van der Waals surface area contributed by atoms with E-state index < -0.39 is 0 Å². The lowest BCUT2D eigenvalue weighted by Gasteiger charge is -2.16. The molecule has 0 amide bonds. The third-order valence-electron chi connectivity index (χ3n) is 2.26. The van der Waals surface area contributed by atoms with E-state index in [1.54, 1.807) is 12.4 Å². The molecule has 90 valence electrons. The Labute approximate surface area is 96.4 Å². The average molecular weight is 224 g/mol. The molecule has 0 aliphatic carbocycles. The highest BCUT2D eigenvalue weighted by atomic mass is 16.5. The van der Waals surface area contributed by atoms with Gasteiger partial charge in [0.15, 0.2) is 0 Å². The molecule has 0 saturated heterocycles. The second-order valence-corrected chi connectivity index (χ2v) is 3.50. The average Bonchev–Trinajstić information content (AvgIpc) is 2.29. The molecule has 1 aromatic rings. The van der Waals surface area contributed by atoms with Gasteiger partial charge in [-0.25, -0.2) is 0 Å². The molecule has 0 aromatic carbocycles. The van der Waals surface area contributed by atoms with Gasteiger partial charge in [0.05, 0.1) is 19.0 Å². The van der Waals surface area contributed by atoms with E-state index in [2.05, 4.69) is 22.2 Å². The maximum absolute atomic E-state index is 5.54. The molecule has 5 heteroatoms. The fourth-order valence-electron chi connectivity index (χ4n) is 1.42. The molecule has 0 fully saturated rings. The molecule has 0 aliphatic rings. The predicted octanol–water partition coefficient (Wildman–Crippen LogP) is 1.41. The Morgan fingerprint density at radius 2 is 2.25 bits per heavy atom. The first-order valence-electron chi connectivity index (χ1n) is 5.71. The number of ether oxygens (including phenoxy) is 1. The summed E-state index contributed by atoms with van der Waals surface area (Å²) >= 11 is 0. The van der Waals surface area contributed by atoms with Crippen LogP contribution in [0.5, 0.6) is 5.88 Å². The molecule has 1 atom stereocenters. The molecular formula is C11H20N4O. The SMILES string of the molecule is CCOc1cncc(NC(CC)CCN)n1. The molecule has 0 bridgehead atoms. The normalized spacial score (nSPS) is 12.2. The Hall–Kier alpha value is -1.36. The summed E-state index contributed by atoms with van der Waals surface area (Å²) in [6, 6.07) is 0.344. The maximum Gasteiger partial charge on any atom is 0.234 e. The van der Waals surface area contributed by atoms with Crippen molar-refractivity contribution >= 4 is 5.82 Å². The van der Waals surface area contributed by atoms with Crippen LogP contribution in [0.2, 0.25) is 0 Å². The van der Waals surface area contributed by atoms with Gasteiger partial charge in [-0.1, -0.05) is 6.92 Å². The lowest BCUT2D eigenvalue weighted by Crippen LogP contribution is -2.22. The second-order valence-electron chi connectivity index (χ2n) is 3.50. The Balaban J connectivity index is 2.60. The highest BCUT2D eigenvalue weighted by Crippen LogP contribution is 2.11. The van der Waals surface area contributed by atoms with Gasteiger partial charge in [-0.2, -0.15) is 4.98 Å². The minimum Gasteiger partial charge on any atom is -0.477 e. The molecule has 3 N–H and O–H groups in total. The third kappa shape index (κ3) is 4.02. The summed E-state index contributed by atoms with van der Waals surface area (Å²) in [5.74, 6) is 1.29. The van der Waals surface area contributed by atoms with Gasteiger partial charge < -0.3 is 15.8 Å². The number of rotatable bonds is 7. The third-order valence-corrected chi connectivity index (χ3v) is 2.26. The van der Waals surface area contributed by atoms with E-state index in [1.165, 1.54) is 0 Å². The van der Waals surface area contributed by atoms with Gasteiger partial charge in [0.25, 0.3) is 0 Å². The molecule has 0 aliphatic heterocycles. The first kappa shape index (κ1) is 12.7. The van der Waals surface area contributed by atoms with Gasteiger partial charge in [-0.05, 0) is 26.3 Å². The van der Waals surface area contributed by atoms with Crippen LogP contribution in [-0.2, 0) is 0 Å². The summed E-state index contributed by atoms with van der Waals surface area (Å²) in [6.45, 7) is 5.31. The lowest BCUT2D eigenvalue weighted by atomic mass is 10.1. The molecule has 0 saturated carbocycles. The van der Waals surface area contributed by atoms with Crippen molar-refractivity contribution in [1.29, 1.82) is 0 Å². The van der Waals surface area contributed by atoms with Crippen molar-refractivity contribution < 1.29 is 4.74 Å². The molecular weight excluding hydrogens is 204 g/mol. The van der Waals surface area contributed by atoms with E-state index in [0.29, 0.717) is 25.1 Å². The van der Waals surface area contributed by atoms with Crippen LogP contribution >= 0.6 is 0 Å². The van der Waals surface area contributed by atoms with E-state index in [0.717, 1.165) is 18.7 Å². The van der Waals surface area contributed by atoms with Gasteiger partial charge in [-0.3, -0.25) is 4.98 Å². The van der Waals surface area contributed by atoms with E-state index in [-0.39, 0.29) is 0 Å². The van der Waals surface area contributed by atoms with Crippen molar-refractivity contribution in [1.82, 2.24) is 9.97 Å². The topological polar surface area (TPSA) is 73.1 Å². The van der Waals surface area contributed by atoms with Crippen LogP contribution < -0.4 is 15.8 Å². The molecule has 1 aromatic heterocycles. The van der Waals surface area contributed by atoms with Crippen LogP contribution in [0.4, 0.5) is 5.82 Å². The molecule has 0 spiro atoms. The van der Waals surface area contributed by atoms with Crippen molar-refractivity contribution in [3.8, 4) is 5.88 Å². The predicted molar refractivity (Wildman–Crippen MR) is 64.6 cm³/mol. The zero-order chi connectivity index (χ0) is 11.8. The Kier molecular flexibility index (Phi) is 5.56. The van der Waals surface area contributed by atoms with Crippen molar-refractivity contribution in [2.24, 2.45) is 5.73 Å². The summed E-state index contributed by atoms with van der Waals surface area (Å²) in [4.78, 5) is 8.37. The molecule has 1 unspecified atom stereocenters. The standard InChI is InChI=1S/C11H20N4O/c1-3-9(5-6-12)14-10-7-13-8-11(15-10)16-4-2/h7-9H,3-6,12H2,1-2H3,(H,14,15). The van der Waals surface area contributed by atoms with E-state index in [1.807, 2.05) is 6.92 Å². The quantitative estimate of drug-likeness (QED) is 0.732. The second kappa shape index (κ2) is 7.00. The molecule has 16 heavy (non-hydrogen) atoms. The van der Waals surface area contributed by atoms with Crippen LogP contribution in [0, 0.1) is 0 Å². The molecule has 1 rings (SSSR count). The van der Waals surface area contributed by atoms with Crippen molar-refractivity contribution in [3.05, 3.63) is 12.4 Å². The van der Waals surface area contributed by atoms with Crippen molar-refractivity contribution in [2.75, 3.05) is 18.5 Å². The monoisotopic (exact) mass is 224 g/mol. The Morgan fingerprint density at radius 3 is 2.88 bits per heavy atom. The lowest BCUT2D eigenvalue weighted by molar-refractivity contribution is 0.325. The summed E-state index contributed by atoms with van der Waals surface area (Å²) < 4.78 is 5.28. The number of aromatic nitrogens is 2. The van der Waals surface area contributed by atoms with Crippen molar-refractivity contribution in [2.45, 2.75) is 32.7 Å². The van der Waals surface area contributed by atoms with Gasteiger partial charge in [0.2, 0.25) is 5.88 Å².